The van der Waals surface area contributed by atoms with Crippen molar-refractivity contribution in [3.05, 3.63) is 0 Å². The highest BCUT2D eigenvalue weighted by atomic mass is 32.2. The topological polar surface area (TPSA) is 104 Å². The van der Waals surface area contributed by atoms with Crippen molar-refractivity contribution in [3.63, 3.8) is 0 Å². The van der Waals surface area contributed by atoms with Gasteiger partial charge in [-0.3, -0.25) is 4.79 Å². The number of carbonyl (C=O) groups excluding carboxylic acids is 2. The molecule has 0 saturated heterocycles. The monoisotopic (exact) mass is 319 g/mol. The molecule has 0 fully saturated rings. The van der Waals surface area contributed by atoms with Gasteiger partial charge in [0.2, 0.25) is 5.91 Å². The third-order valence-electron chi connectivity index (χ3n) is 3.01. The first-order valence-corrected chi connectivity index (χ1v) is 8.20. The van der Waals surface area contributed by atoms with Crippen molar-refractivity contribution < 1.29 is 24.6 Å². The van der Waals surface area contributed by atoms with Crippen molar-refractivity contribution in [2.24, 2.45) is 0 Å². The van der Waals surface area contributed by atoms with Crippen LogP contribution in [0.5, 0.6) is 0 Å². The Bertz CT molecular complexity index is 337. The SMILES string of the molecule is CCCCCC(O)C(CC=O)SCC(NC(C)=O)C(=O)O. The molecule has 7 heteroatoms. The molecule has 0 bridgehead atoms. The first-order valence-electron chi connectivity index (χ1n) is 7.15. The molecule has 0 aliphatic rings. The number of aliphatic hydroxyl groups excluding tert-OH is 1. The lowest BCUT2D eigenvalue weighted by Gasteiger charge is -2.22. The summed E-state index contributed by atoms with van der Waals surface area (Å²) in [6.07, 6.45) is 3.79. The fourth-order valence-corrected chi connectivity index (χ4v) is 3.10. The predicted octanol–water partition coefficient (Wildman–Crippen LogP) is 1.21. The van der Waals surface area contributed by atoms with Crippen molar-refractivity contribution in [1.29, 1.82) is 0 Å². The summed E-state index contributed by atoms with van der Waals surface area (Å²) in [7, 11) is 0. The number of unbranched alkanes of at least 4 members (excludes halogenated alkanes) is 2. The van der Waals surface area contributed by atoms with Gasteiger partial charge in [-0.15, -0.1) is 0 Å². The molecule has 0 spiro atoms. The van der Waals surface area contributed by atoms with Gasteiger partial charge in [-0.25, -0.2) is 4.79 Å². The van der Waals surface area contributed by atoms with E-state index >= 15 is 0 Å². The van der Waals surface area contributed by atoms with Gasteiger partial charge >= 0.3 is 5.97 Å². The molecule has 3 N–H and O–H groups in total. The number of aldehydes is 1. The minimum Gasteiger partial charge on any atom is -0.480 e. The number of hydrogen-bond donors (Lipinski definition) is 3. The summed E-state index contributed by atoms with van der Waals surface area (Å²) in [4.78, 5) is 32.7. The molecule has 0 heterocycles. The summed E-state index contributed by atoms with van der Waals surface area (Å²) in [6.45, 7) is 3.32. The predicted molar refractivity (Wildman–Crippen MR) is 82.3 cm³/mol. The highest BCUT2D eigenvalue weighted by Gasteiger charge is 2.24. The zero-order valence-corrected chi connectivity index (χ0v) is 13.4. The second-order valence-electron chi connectivity index (χ2n) is 4.93. The molecule has 122 valence electrons. The maximum absolute atomic E-state index is 11.0. The van der Waals surface area contributed by atoms with E-state index in [4.69, 9.17) is 5.11 Å². The number of aliphatic hydroxyl groups is 1. The van der Waals surface area contributed by atoms with Gasteiger partial charge in [-0.2, -0.15) is 11.8 Å². The minimum absolute atomic E-state index is 0.123. The van der Waals surface area contributed by atoms with Crippen LogP contribution in [0.25, 0.3) is 0 Å². The third-order valence-corrected chi connectivity index (χ3v) is 4.47. The van der Waals surface area contributed by atoms with Crippen LogP contribution in [0.15, 0.2) is 0 Å². The van der Waals surface area contributed by atoms with E-state index in [0.29, 0.717) is 6.42 Å². The largest absolute Gasteiger partial charge is 0.480 e. The first-order chi connectivity index (χ1) is 9.92. The van der Waals surface area contributed by atoms with Crippen LogP contribution in [-0.2, 0) is 14.4 Å². The molecular formula is C14H25NO5S. The first kappa shape index (κ1) is 19.9. The zero-order valence-electron chi connectivity index (χ0n) is 12.6. The number of carbonyl (C=O) groups is 3. The molecule has 6 nitrogen and oxygen atoms in total. The lowest BCUT2D eigenvalue weighted by molar-refractivity contribution is -0.140. The molecule has 3 atom stereocenters. The molecule has 0 radical (unpaired) electrons. The second-order valence-corrected chi connectivity index (χ2v) is 6.20. The number of aliphatic carboxylic acids is 1. The quantitative estimate of drug-likeness (QED) is 0.369. The summed E-state index contributed by atoms with van der Waals surface area (Å²) >= 11 is 1.21. The van der Waals surface area contributed by atoms with E-state index in [1.54, 1.807) is 0 Å². The number of hydrogen-bond acceptors (Lipinski definition) is 5. The second kappa shape index (κ2) is 11.6. The van der Waals surface area contributed by atoms with E-state index in [1.807, 2.05) is 0 Å². The number of carboxylic acid groups (broad SMARTS) is 1. The Labute approximate surface area is 129 Å². The molecule has 0 aliphatic carbocycles. The molecule has 3 unspecified atom stereocenters. The lowest BCUT2D eigenvalue weighted by atomic mass is 10.1. The van der Waals surface area contributed by atoms with Crippen LogP contribution >= 0.6 is 11.8 Å². The summed E-state index contributed by atoms with van der Waals surface area (Å²) in [5.74, 6) is -1.42. The van der Waals surface area contributed by atoms with E-state index in [-0.39, 0.29) is 17.4 Å². The van der Waals surface area contributed by atoms with Crippen LogP contribution in [0.2, 0.25) is 0 Å². The van der Waals surface area contributed by atoms with Crippen molar-refractivity contribution in [3.8, 4) is 0 Å². The number of carboxylic acids is 1. The maximum atomic E-state index is 11.0. The van der Waals surface area contributed by atoms with Gasteiger partial charge in [0.1, 0.15) is 12.3 Å². The summed E-state index contributed by atoms with van der Waals surface area (Å²) in [5, 5.41) is 21.1. The highest BCUT2D eigenvalue weighted by molar-refractivity contribution is 8.00. The van der Waals surface area contributed by atoms with E-state index < -0.39 is 24.0 Å². The average molecular weight is 319 g/mol. The van der Waals surface area contributed by atoms with E-state index in [1.165, 1.54) is 18.7 Å². The van der Waals surface area contributed by atoms with Gasteiger partial charge in [0.05, 0.1) is 6.10 Å². The van der Waals surface area contributed by atoms with Crippen LogP contribution < -0.4 is 5.32 Å². The van der Waals surface area contributed by atoms with Gasteiger partial charge < -0.3 is 20.3 Å². The lowest BCUT2D eigenvalue weighted by Crippen LogP contribution is -2.42. The molecule has 0 saturated carbocycles. The van der Waals surface area contributed by atoms with E-state index in [0.717, 1.165) is 25.5 Å². The van der Waals surface area contributed by atoms with Crippen LogP contribution in [-0.4, -0.2) is 51.5 Å². The Morgan fingerprint density at radius 2 is 2.00 bits per heavy atom. The Balaban J connectivity index is 4.42. The van der Waals surface area contributed by atoms with E-state index in [2.05, 4.69) is 12.2 Å². The van der Waals surface area contributed by atoms with Crippen molar-refractivity contribution >= 4 is 29.9 Å². The molecule has 0 aromatic heterocycles. The fraction of sp³-hybridized carbons (Fsp3) is 0.786. The van der Waals surface area contributed by atoms with Gasteiger partial charge in [0, 0.05) is 24.3 Å². The van der Waals surface area contributed by atoms with E-state index in [9.17, 15) is 19.5 Å². The van der Waals surface area contributed by atoms with Crippen LogP contribution in [0.3, 0.4) is 0 Å². The molecule has 0 aliphatic heterocycles. The summed E-state index contributed by atoms with van der Waals surface area (Å²) < 4.78 is 0. The third kappa shape index (κ3) is 9.47. The molecule has 1 amide bonds. The molecule has 0 aromatic carbocycles. The van der Waals surface area contributed by atoms with Gasteiger partial charge in [0.15, 0.2) is 0 Å². The fourth-order valence-electron chi connectivity index (χ4n) is 1.86. The molecular weight excluding hydrogens is 294 g/mol. The summed E-state index contributed by atoms with van der Waals surface area (Å²) in [6, 6.07) is -1.01. The molecule has 21 heavy (non-hydrogen) atoms. The number of rotatable bonds is 12. The Morgan fingerprint density at radius 1 is 1.33 bits per heavy atom. The van der Waals surface area contributed by atoms with Gasteiger partial charge in [0.25, 0.3) is 0 Å². The number of nitrogens with one attached hydrogen (secondary N) is 1. The van der Waals surface area contributed by atoms with Crippen LogP contribution in [0, 0.1) is 0 Å². The Hall–Kier alpha value is -1.08. The normalized spacial score (nSPS) is 15.0. The summed E-state index contributed by atoms with van der Waals surface area (Å²) in [5.41, 5.74) is 0. The van der Waals surface area contributed by atoms with Crippen molar-refractivity contribution in [1.82, 2.24) is 5.32 Å². The van der Waals surface area contributed by atoms with Crippen LogP contribution in [0.4, 0.5) is 0 Å². The zero-order chi connectivity index (χ0) is 16.3. The maximum Gasteiger partial charge on any atom is 0.327 e. The number of thioether (sulfide) groups is 1. The number of amides is 1. The van der Waals surface area contributed by atoms with Crippen molar-refractivity contribution in [2.45, 2.75) is 63.3 Å². The van der Waals surface area contributed by atoms with Gasteiger partial charge in [-0.1, -0.05) is 26.2 Å². The minimum atomic E-state index is -1.12. The standard InChI is InChI=1S/C14H25NO5S/c1-3-4-5-6-12(18)13(7-8-16)21-9-11(14(19)20)15-10(2)17/h8,11-13,18H,3-7,9H2,1-2H3,(H,15,17)(H,19,20). The smallest absolute Gasteiger partial charge is 0.327 e. The van der Waals surface area contributed by atoms with Gasteiger partial charge in [-0.05, 0) is 6.42 Å². The van der Waals surface area contributed by atoms with Crippen LogP contribution in [0.1, 0.15) is 46.0 Å². The Morgan fingerprint density at radius 3 is 2.48 bits per heavy atom. The highest BCUT2D eigenvalue weighted by Crippen LogP contribution is 2.22. The molecule has 0 aromatic rings. The van der Waals surface area contributed by atoms with Crippen molar-refractivity contribution in [2.75, 3.05) is 5.75 Å². The average Bonchev–Trinajstić information content (AvgIpc) is 2.41. The Kier molecular flexibility index (Phi) is 11.0. The molecule has 0 rings (SSSR count).